The molecular formula is C15H13ClFNO. The van der Waals surface area contributed by atoms with Crippen molar-refractivity contribution in [2.24, 2.45) is 5.73 Å². The van der Waals surface area contributed by atoms with E-state index in [-0.39, 0.29) is 18.0 Å². The molecule has 0 saturated carbocycles. The van der Waals surface area contributed by atoms with E-state index in [9.17, 15) is 4.39 Å². The number of fused-ring (bicyclic) bond motifs is 1. The molecule has 0 spiro atoms. The standard InChI is InChI=1S/C15H13ClFNO/c16-12-4-2-1-3-10(12)15-8-13(18)11-6-5-9(17)7-14(11)19-15/h1-7,13,15H,8,18H2/t13-,15?/m0/s1. The van der Waals surface area contributed by atoms with Gasteiger partial charge in [-0.1, -0.05) is 35.9 Å². The van der Waals surface area contributed by atoms with E-state index in [2.05, 4.69) is 0 Å². The van der Waals surface area contributed by atoms with Crippen LogP contribution in [0.5, 0.6) is 5.75 Å². The Labute approximate surface area is 115 Å². The highest BCUT2D eigenvalue weighted by molar-refractivity contribution is 6.31. The van der Waals surface area contributed by atoms with Crippen molar-refractivity contribution in [3.63, 3.8) is 0 Å². The van der Waals surface area contributed by atoms with Crippen LogP contribution in [0, 0.1) is 5.82 Å². The summed E-state index contributed by atoms with van der Waals surface area (Å²) >= 11 is 6.17. The molecule has 0 amide bonds. The Bertz CT molecular complexity index is 617. The van der Waals surface area contributed by atoms with E-state index in [1.54, 1.807) is 6.07 Å². The minimum atomic E-state index is -0.328. The molecule has 2 aromatic rings. The zero-order valence-corrected chi connectivity index (χ0v) is 10.9. The number of benzene rings is 2. The lowest BCUT2D eigenvalue weighted by Gasteiger charge is -2.31. The van der Waals surface area contributed by atoms with Crippen molar-refractivity contribution < 1.29 is 9.13 Å². The van der Waals surface area contributed by atoms with Crippen LogP contribution in [0.4, 0.5) is 4.39 Å². The van der Waals surface area contributed by atoms with E-state index in [4.69, 9.17) is 22.1 Å². The van der Waals surface area contributed by atoms with Gasteiger partial charge in [-0.05, 0) is 12.1 Å². The van der Waals surface area contributed by atoms with Crippen LogP contribution >= 0.6 is 11.6 Å². The summed E-state index contributed by atoms with van der Waals surface area (Å²) in [5, 5.41) is 0.638. The molecule has 2 N–H and O–H groups in total. The van der Waals surface area contributed by atoms with Gasteiger partial charge in [-0.15, -0.1) is 0 Å². The molecular weight excluding hydrogens is 265 g/mol. The first-order valence-electron chi connectivity index (χ1n) is 6.11. The second kappa shape index (κ2) is 4.83. The molecule has 0 fully saturated rings. The summed E-state index contributed by atoms with van der Waals surface area (Å²) in [6.45, 7) is 0. The van der Waals surface area contributed by atoms with Gasteiger partial charge >= 0.3 is 0 Å². The lowest BCUT2D eigenvalue weighted by Crippen LogP contribution is -2.24. The van der Waals surface area contributed by atoms with Crippen LogP contribution in [-0.4, -0.2) is 0 Å². The second-order valence-corrected chi connectivity index (χ2v) is 5.06. The number of hydrogen-bond donors (Lipinski definition) is 1. The summed E-state index contributed by atoms with van der Waals surface area (Å²) < 4.78 is 19.1. The highest BCUT2D eigenvalue weighted by Gasteiger charge is 2.28. The molecule has 2 atom stereocenters. The van der Waals surface area contributed by atoms with Gasteiger partial charge in [0.15, 0.2) is 0 Å². The molecule has 0 radical (unpaired) electrons. The average molecular weight is 278 g/mol. The second-order valence-electron chi connectivity index (χ2n) is 4.65. The Kier molecular flexibility index (Phi) is 3.17. The summed E-state index contributed by atoms with van der Waals surface area (Å²) in [6.07, 6.45) is 0.389. The zero-order chi connectivity index (χ0) is 13.4. The van der Waals surface area contributed by atoms with E-state index in [1.165, 1.54) is 12.1 Å². The van der Waals surface area contributed by atoms with Crippen molar-refractivity contribution in [3.05, 3.63) is 64.4 Å². The van der Waals surface area contributed by atoms with E-state index >= 15 is 0 Å². The Balaban J connectivity index is 1.99. The first-order valence-corrected chi connectivity index (χ1v) is 6.49. The van der Waals surface area contributed by atoms with Crippen LogP contribution in [0.1, 0.15) is 29.7 Å². The van der Waals surface area contributed by atoms with Crippen LogP contribution in [0.25, 0.3) is 0 Å². The smallest absolute Gasteiger partial charge is 0.127 e. The summed E-state index contributed by atoms with van der Waals surface area (Å²) in [6, 6.07) is 11.8. The van der Waals surface area contributed by atoms with E-state index in [1.807, 2.05) is 24.3 Å². The van der Waals surface area contributed by atoms with Gasteiger partial charge in [0.05, 0.1) is 0 Å². The first kappa shape index (κ1) is 12.5. The Morgan fingerprint density at radius 2 is 1.95 bits per heavy atom. The number of ether oxygens (including phenoxy) is 1. The zero-order valence-electron chi connectivity index (χ0n) is 10.1. The largest absolute Gasteiger partial charge is 0.485 e. The molecule has 2 nitrogen and oxygen atoms in total. The van der Waals surface area contributed by atoms with Crippen molar-refractivity contribution >= 4 is 11.6 Å². The number of rotatable bonds is 1. The van der Waals surface area contributed by atoms with Crippen molar-refractivity contribution in [2.75, 3.05) is 0 Å². The third kappa shape index (κ3) is 2.31. The maximum Gasteiger partial charge on any atom is 0.127 e. The van der Waals surface area contributed by atoms with Crippen molar-refractivity contribution in [2.45, 2.75) is 18.6 Å². The number of halogens is 2. The lowest BCUT2D eigenvalue weighted by molar-refractivity contribution is 0.161. The molecule has 0 aliphatic carbocycles. The molecule has 1 aliphatic rings. The van der Waals surface area contributed by atoms with Gasteiger partial charge in [-0.3, -0.25) is 0 Å². The summed E-state index contributed by atoms with van der Waals surface area (Å²) in [4.78, 5) is 0. The van der Waals surface area contributed by atoms with Crippen LogP contribution in [-0.2, 0) is 0 Å². The molecule has 19 heavy (non-hydrogen) atoms. The van der Waals surface area contributed by atoms with Crippen LogP contribution < -0.4 is 10.5 Å². The first-order chi connectivity index (χ1) is 9.15. The Morgan fingerprint density at radius 1 is 1.16 bits per heavy atom. The summed E-state index contributed by atoms with van der Waals surface area (Å²) in [5.74, 6) is 0.175. The van der Waals surface area contributed by atoms with Gasteiger partial charge in [0.25, 0.3) is 0 Å². The highest BCUT2D eigenvalue weighted by atomic mass is 35.5. The lowest BCUT2D eigenvalue weighted by atomic mass is 9.93. The van der Waals surface area contributed by atoms with Crippen LogP contribution in [0.15, 0.2) is 42.5 Å². The van der Waals surface area contributed by atoms with Crippen molar-refractivity contribution in [1.82, 2.24) is 0 Å². The molecule has 3 rings (SSSR count). The van der Waals surface area contributed by atoms with Gasteiger partial charge in [0.2, 0.25) is 0 Å². The van der Waals surface area contributed by atoms with E-state index in [0.29, 0.717) is 17.2 Å². The molecule has 98 valence electrons. The molecule has 2 aromatic carbocycles. The van der Waals surface area contributed by atoms with Gasteiger partial charge < -0.3 is 10.5 Å². The third-order valence-electron chi connectivity index (χ3n) is 3.36. The molecule has 1 aliphatic heterocycles. The van der Waals surface area contributed by atoms with Gasteiger partial charge in [-0.25, -0.2) is 4.39 Å². The van der Waals surface area contributed by atoms with Gasteiger partial charge in [0.1, 0.15) is 17.7 Å². The normalized spacial score (nSPS) is 21.6. The fourth-order valence-corrected chi connectivity index (χ4v) is 2.66. The minimum absolute atomic E-state index is 0.175. The summed E-state index contributed by atoms with van der Waals surface area (Å²) in [5.41, 5.74) is 7.85. The molecule has 0 aromatic heterocycles. The molecule has 0 bridgehead atoms. The average Bonchev–Trinajstić information content (AvgIpc) is 2.38. The maximum atomic E-state index is 13.3. The quantitative estimate of drug-likeness (QED) is 0.855. The van der Waals surface area contributed by atoms with Crippen molar-refractivity contribution in [1.29, 1.82) is 0 Å². The van der Waals surface area contributed by atoms with Crippen LogP contribution in [0.3, 0.4) is 0 Å². The Morgan fingerprint density at radius 3 is 2.74 bits per heavy atom. The third-order valence-corrected chi connectivity index (χ3v) is 3.71. The fraction of sp³-hybridized carbons (Fsp3) is 0.200. The molecule has 1 heterocycles. The van der Waals surface area contributed by atoms with Crippen molar-refractivity contribution in [3.8, 4) is 5.75 Å². The minimum Gasteiger partial charge on any atom is -0.485 e. The predicted molar refractivity (Wildman–Crippen MR) is 72.8 cm³/mol. The Hall–Kier alpha value is -1.58. The SMILES string of the molecule is N[C@H]1CC(c2ccccc2Cl)Oc2cc(F)ccc21. The molecule has 1 unspecified atom stereocenters. The number of hydrogen-bond acceptors (Lipinski definition) is 2. The van der Waals surface area contributed by atoms with E-state index in [0.717, 1.165) is 11.1 Å². The maximum absolute atomic E-state index is 13.3. The molecule has 4 heteroatoms. The number of nitrogens with two attached hydrogens (primary N) is 1. The monoisotopic (exact) mass is 277 g/mol. The predicted octanol–water partition coefficient (Wildman–Crippen LogP) is 4.00. The van der Waals surface area contributed by atoms with Gasteiger partial charge in [-0.2, -0.15) is 0 Å². The fourth-order valence-electron chi connectivity index (χ4n) is 2.40. The molecule has 0 saturated heterocycles. The summed E-state index contributed by atoms with van der Waals surface area (Å²) in [7, 11) is 0. The van der Waals surface area contributed by atoms with E-state index < -0.39 is 0 Å². The van der Waals surface area contributed by atoms with Gasteiger partial charge in [0, 0.05) is 34.7 Å². The topological polar surface area (TPSA) is 35.2 Å². The van der Waals surface area contributed by atoms with Crippen LogP contribution in [0.2, 0.25) is 5.02 Å². The highest BCUT2D eigenvalue weighted by Crippen LogP contribution is 2.41.